The number of phenols is 1. The predicted octanol–water partition coefficient (Wildman–Crippen LogP) is 2.10. The van der Waals surface area contributed by atoms with Gasteiger partial charge in [0.25, 0.3) is 5.92 Å². The van der Waals surface area contributed by atoms with E-state index in [2.05, 4.69) is 0 Å². The molecule has 1 aromatic rings. The molecule has 5 heteroatoms. The van der Waals surface area contributed by atoms with Crippen LogP contribution in [0.2, 0.25) is 5.02 Å². The van der Waals surface area contributed by atoms with E-state index in [1.165, 1.54) is 12.1 Å². The lowest BCUT2D eigenvalue weighted by atomic mass is 10.1. The molecule has 1 aromatic carbocycles. The van der Waals surface area contributed by atoms with Crippen LogP contribution in [-0.2, 0) is 5.92 Å². The second-order valence-corrected chi connectivity index (χ2v) is 2.95. The molecule has 0 saturated carbocycles. The van der Waals surface area contributed by atoms with Crippen molar-refractivity contribution in [3.05, 3.63) is 28.8 Å². The van der Waals surface area contributed by atoms with Crippen molar-refractivity contribution in [2.24, 2.45) is 5.73 Å². The fourth-order valence-electron chi connectivity index (χ4n) is 0.920. The molecule has 0 unspecified atom stereocenters. The lowest BCUT2D eigenvalue weighted by Crippen LogP contribution is -2.25. The van der Waals surface area contributed by atoms with E-state index in [0.29, 0.717) is 0 Å². The highest BCUT2D eigenvalue weighted by molar-refractivity contribution is 6.32. The average Bonchev–Trinajstić information content (AvgIpc) is 2.09. The van der Waals surface area contributed by atoms with Crippen LogP contribution in [0.5, 0.6) is 5.75 Å². The summed E-state index contributed by atoms with van der Waals surface area (Å²) in [4.78, 5) is 0. The van der Waals surface area contributed by atoms with Gasteiger partial charge in [-0.3, -0.25) is 0 Å². The normalized spacial score (nSPS) is 11.7. The van der Waals surface area contributed by atoms with E-state index in [0.717, 1.165) is 6.07 Å². The molecule has 2 nitrogen and oxygen atoms in total. The van der Waals surface area contributed by atoms with Gasteiger partial charge in [-0.05, 0) is 12.1 Å². The van der Waals surface area contributed by atoms with E-state index in [-0.39, 0.29) is 5.02 Å². The Bertz CT molecular complexity index is 317. The molecule has 0 heterocycles. The van der Waals surface area contributed by atoms with Gasteiger partial charge in [-0.1, -0.05) is 17.7 Å². The third kappa shape index (κ3) is 1.89. The Kier molecular flexibility index (Phi) is 2.73. The lowest BCUT2D eigenvalue weighted by molar-refractivity contribution is 0.00378. The maximum absolute atomic E-state index is 13.0. The van der Waals surface area contributed by atoms with Gasteiger partial charge in [0.05, 0.1) is 17.1 Å². The van der Waals surface area contributed by atoms with Crippen molar-refractivity contribution in [3.63, 3.8) is 0 Å². The van der Waals surface area contributed by atoms with E-state index in [4.69, 9.17) is 17.3 Å². The van der Waals surface area contributed by atoms with Gasteiger partial charge in [-0.2, -0.15) is 8.78 Å². The first-order valence-electron chi connectivity index (χ1n) is 3.55. The minimum atomic E-state index is -3.24. The van der Waals surface area contributed by atoms with Crippen LogP contribution < -0.4 is 5.73 Å². The average molecular weight is 208 g/mol. The molecule has 13 heavy (non-hydrogen) atoms. The highest BCUT2D eigenvalue weighted by Gasteiger charge is 2.33. The summed E-state index contributed by atoms with van der Waals surface area (Å²) < 4.78 is 26.0. The lowest BCUT2D eigenvalue weighted by Gasteiger charge is -2.15. The Morgan fingerprint density at radius 3 is 2.62 bits per heavy atom. The van der Waals surface area contributed by atoms with Crippen molar-refractivity contribution in [2.75, 3.05) is 6.54 Å². The smallest absolute Gasteiger partial charge is 0.288 e. The summed E-state index contributed by atoms with van der Waals surface area (Å²) in [5.41, 5.74) is 4.31. The number of alkyl halides is 2. The second kappa shape index (κ2) is 3.47. The molecule has 0 saturated heterocycles. The van der Waals surface area contributed by atoms with E-state index >= 15 is 0 Å². The number of phenolic OH excluding ortho intramolecular Hbond substituents is 1. The molecule has 0 aromatic heterocycles. The van der Waals surface area contributed by atoms with Gasteiger partial charge < -0.3 is 10.8 Å². The highest BCUT2D eigenvalue weighted by atomic mass is 35.5. The van der Waals surface area contributed by atoms with E-state index in [9.17, 15) is 13.9 Å². The van der Waals surface area contributed by atoms with Crippen LogP contribution in [0.25, 0.3) is 0 Å². The Labute approximate surface area is 78.9 Å². The van der Waals surface area contributed by atoms with Crippen molar-refractivity contribution >= 4 is 11.6 Å². The third-order valence-corrected chi connectivity index (χ3v) is 1.94. The van der Waals surface area contributed by atoms with E-state index in [1.54, 1.807) is 0 Å². The maximum Gasteiger partial charge on any atom is 0.288 e. The topological polar surface area (TPSA) is 46.2 Å². The zero-order chi connectivity index (χ0) is 10.1. The summed E-state index contributed by atoms with van der Waals surface area (Å²) >= 11 is 5.45. The van der Waals surface area contributed by atoms with Crippen LogP contribution in [0.4, 0.5) is 8.78 Å². The number of halogens is 3. The Balaban J connectivity index is 3.22. The van der Waals surface area contributed by atoms with Gasteiger partial charge >= 0.3 is 0 Å². The number of hydrogen-bond acceptors (Lipinski definition) is 2. The molecule has 0 bridgehead atoms. The third-order valence-electron chi connectivity index (χ3n) is 1.64. The van der Waals surface area contributed by atoms with Gasteiger partial charge in [0.1, 0.15) is 5.75 Å². The van der Waals surface area contributed by atoms with Crippen molar-refractivity contribution in [1.82, 2.24) is 0 Å². The molecule has 0 aliphatic rings. The van der Waals surface area contributed by atoms with Gasteiger partial charge in [0, 0.05) is 0 Å². The zero-order valence-corrected chi connectivity index (χ0v) is 7.35. The van der Waals surface area contributed by atoms with Crippen molar-refractivity contribution in [3.8, 4) is 5.75 Å². The van der Waals surface area contributed by atoms with Crippen molar-refractivity contribution < 1.29 is 13.9 Å². The highest BCUT2D eigenvalue weighted by Crippen LogP contribution is 2.37. The minimum Gasteiger partial charge on any atom is -0.506 e. The van der Waals surface area contributed by atoms with Gasteiger partial charge in [-0.15, -0.1) is 0 Å². The number of benzene rings is 1. The molecule has 0 spiro atoms. The largest absolute Gasteiger partial charge is 0.506 e. The first-order chi connectivity index (χ1) is 5.99. The summed E-state index contributed by atoms with van der Waals surface area (Å²) in [6.07, 6.45) is 0. The molecule has 3 N–H and O–H groups in total. The zero-order valence-electron chi connectivity index (χ0n) is 6.60. The van der Waals surface area contributed by atoms with Crippen molar-refractivity contribution in [2.45, 2.75) is 5.92 Å². The van der Waals surface area contributed by atoms with Crippen LogP contribution in [0, 0.1) is 0 Å². The van der Waals surface area contributed by atoms with Crippen LogP contribution in [-0.4, -0.2) is 11.7 Å². The summed E-state index contributed by atoms with van der Waals surface area (Å²) in [5.74, 6) is -3.85. The van der Waals surface area contributed by atoms with Crippen LogP contribution in [0.1, 0.15) is 5.56 Å². The van der Waals surface area contributed by atoms with Crippen molar-refractivity contribution in [1.29, 1.82) is 0 Å². The summed E-state index contributed by atoms with van der Waals surface area (Å²) in [5, 5.41) is 9.09. The number of rotatable bonds is 2. The Hall–Kier alpha value is -0.870. The number of nitrogens with two attached hydrogens (primary N) is 1. The van der Waals surface area contributed by atoms with Gasteiger partial charge in [-0.25, -0.2) is 0 Å². The van der Waals surface area contributed by atoms with Crippen LogP contribution in [0.15, 0.2) is 18.2 Å². The quantitative estimate of drug-likeness (QED) is 0.780. The molecule has 1 rings (SSSR count). The molecular weight excluding hydrogens is 200 g/mol. The predicted molar refractivity (Wildman–Crippen MR) is 46.1 cm³/mol. The fraction of sp³-hybridized carbons (Fsp3) is 0.250. The molecule has 0 amide bonds. The maximum atomic E-state index is 13.0. The molecule has 0 aliphatic heterocycles. The van der Waals surface area contributed by atoms with Crippen LogP contribution in [0.3, 0.4) is 0 Å². The summed E-state index contributed by atoms with van der Waals surface area (Å²) in [6.45, 7) is -0.860. The molecular formula is C8H8ClF2NO. The van der Waals surface area contributed by atoms with E-state index < -0.39 is 23.8 Å². The first-order valence-corrected chi connectivity index (χ1v) is 3.92. The standard InChI is InChI=1S/C8H8ClF2NO/c9-6-3-1-2-5(7(6)13)8(10,11)4-12/h1-3,13H,4,12H2. The van der Waals surface area contributed by atoms with E-state index in [1.807, 2.05) is 0 Å². The molecule has 0 radical (unpaired) electrons. The Morgan fingerprint density at radius 1 is 1.46 bits per heavy atom. The molecule has 0 aliphatic carbocycles. The fourth-order valence-corrected chi connectivity index (χ4v) is 1.09. The number of para-hydroxylation sites is 1. The first kappa shape index (κ1) is 10.2. The second-order valence-electron chi connectivity index (χ2n) is 2.54. The SMILES string of the molecule is NCC(F)(F)c1cccc(Cl)c1O. The number of hydrogen-bond donors (Lipinski definition) is 2. The monoisotopic (exact) mass is 207 g/mol. The summed E-state index contributed by atoms with van der Waals surface area (Å²) in [6, 6.07) is 3.75. The molecule has 0 fully saturated rings. The number of aromatic hydroxyl groups is 1. The van der Waals surface area contributed by atoms with Gasteiger partial charge in [0.2, 0.25) is 0 Å². The Morgan fingerprint density at radius 2 is 2.08 bits per heavy atom. The van der Waals surface area contributed by atoms with Gasteiger partial charge in [0.15, 0.2) is 0 Å². The molecule has 0 atom stereocenters. The minimum absolute atomic E-state index is 0.106. The molecule has 72 valence electrons. The van der Waals surface area contributed by atoms with Crippen LogP contribution >= 0.6 is 11.6 Å². The summed E-state index contributed by atoms with van der Waals surface area (Å²) in [7, 11) is 0.